The van der Waals surface area contributed by atoms with Crippen molar-refractivity contribution in [3.63, 3.8) is 0 Å². The maximum atomic E-state index is 12.5. The molecular formula is C18H23Br2N3O2. The largest absolute Gasteiger partial charge is 0.342 e. The van der Waals surface area contributed by atoms with E-state index in [0.29, 0.717) is 12.5 Å². The second kappa shape index (κ2) is 8.64. The number of hydrogen-bond acceptors (Lipinski definition) is 3. The summed E-state index contributed by atoms with van der Waals surface area (Å²) < 4.78 is 1.81. The molecule has 1 aromatic rings. The zero-order chi connectivity index (χ0) is 17.8. The molecular weight excluding hydrogens is 450 g/mol. The Morgan fingerprint density at radius 3 is 2.40 bits per heavy atom. The third-order valence-corrected chi connectivity index (χ3v) is 6.08. The van der Waals surface area contributed by atoms with Crippen molar-refractivity contribution in [1.82, 2.24) is 9.80 Å². The molecule has 1 N–H and O–H groups in total. The fraction of sp³-hybridized carbons (Fsp3) is 0.556. The van der Waals surface area contributed by atoms with Crippen LogP contribution in [0.4, 0.5) is 5.69 Å². The molecule has 7 heteroatoms. The number of halogens is 2. The summed E-state index contributed by atoms with van der Waals surface area (Å²) in [5.41, 5.74) is 0.771. The highest BCUT2D eigenvalue weighted by Crippen LogP contribution is 2.26. The van der Waals surface area contributed by atoms with Crippen LogP contribution in [-0.2, 0) is 9.59 Å². The van der Waals surface area contributed by atoms with Crippen LogP contribution in [0.25, 0.3) is 0 Å². The number of amides is 2. The highest BCUT2D eigenvalue weighted by atomic mass is 79.9. The Bertz CT molecular complexity index is 639. The van der Waals surface area contributed by atoms with Gasteiger partial charge in [0.05, 0.1) is 12.2 Å². The molecule has 2 fully saturated rings. The molecule has 2 aliphatic rings. The molecule has 0 saturated carbocycles. The third-order valence-electron chi connectivity index (χ3n) is 4.93. The fourth-order valence-electron chi connectivity index (χ4n) is 3.52. The van der Waals surface area contributed by atoms with Crippen molar-refractivity contribution in [2.75, 3.05) is 38.0 Å². The number of nitrogens with one attached hydrogen (secondary N) is 1. The van der Waals surface area contributed by atoms with Gasteiger partial charge in [0.15, 0.2) is 0 Å². The first kappa shape index (κ1) is 18.9. The van der Waals surface area contributed by atoms with Crippen LogP contribution < -0.4 is 5.32 Å². The first-order valence-corrected chi connectivity index (χ1v) is 10.4. The van der Waals surface area contributed by atoms with E-state index >= 15 is 0 Å². The Kier molecular flexibility index (Phi) is 6.52. The van der Waals surface area contributed by atoms with E-state index in [2.05, 4.69) is 42.1 Å². The minimum absolute atomic E-state index is 0.0210. The number of benzene rings is 1. The zero-order valence-electron chi connectivity index (χ0n) is 14.1. The van der Waals surface area contributed by atoms with E-state index in [9.17, 15) is 9.59 Å². The summed E-state index contributed by atoms with van der Waals surface area (Å²) >= 11 is 6.86. The van der Waals surface area contributed by atoms with E-state index < -0.39 is 0 Å². The van der Waals surface area contributed by atoms with Crippen LogP contribution >= 0.6 is 31.9 Å². The zero-order valence-corrected chi connectivity index (χ0v) is 17.3. The highest BCUT2D eigenvalue weighted by Gasteiger charge is 2.30. The van der Waals surface area contributed by atoms with Crippen molar-refractivity contribution in [3.8, 4) is 0 Å². The monoisotopic (exact) mass is 471 g/mol. The lowest BCUT2D eigenvalue weighted by atomic mass is 9.95. The Morgan fingerprint density at radius 1 is 1.08 bits per heavy atom. The Morgan fingerprint density at radius 2 is 1.76 bits per heavy atom. The van der Waals surface area contributed by atoms with Gasteiger partial charge in [-0.2, -0.15) is 0 Å². The molecule has 0 bridgehead atoms. The van der Waals surface area contributed by atoms with Gasteiger partial charge in [-0.1, -0.05) is 15.9 Å². The predicted octanol–water partition coefficient (Wildman–Crippen LogP) is 3.48. The highest BCUT2D eigenvalue weighted by molar-refractivity contribution is 9.11. The van der Waals surface area contributed by atoms with Gasteiger partial charge in [0, 0.05) is 28.0 Å². The van der Waals surface area contributed by atoms with E-state index in [4.69, 9.17) is 0 Å². The molecule has 1 aromatic carbocycles. The number of likely N-dealkylation sites (tertiary alicyclic amines) is 2. The first-order valence-electron chi connectivity index (χ1n) is 8.79. The summed E-state index contributed by atoms with van der Waals surface area (Å²) in [5.74, 6) is 0.436. The minimum Gasteiger partial charge on any atom is -0.342 e. The molecule has 0 radical (unpaired) electrons. The van der Waals surface area contributed by atoms with E-state index in [1.54, 1.807) is 0 Å². The summed E-state index contributed by atoms with van der Waals surface area (Å²) in [4.78, 5) is 28.9. The van der Waals surface area contributed by atoms with Crippen molar-refractivity contribution in [2.45, 2.75) is 25.7 Å². The Balaban J connectivity index is 1.45. The molecule has 0 aromatic heterocycles. The molecule has 0 unspecified atom stereocenters. The topological polar surface area (TPSA) is 52.7 Å². The summed E-state index contributed by atoms with van der Waals surface area (Å²) in [6.07, 6.45) is 3.97. The van der Waals surface area contributed by atoms with Crippen molar-refractivity contribution in [3.05, 3.63) is 27.1 Å². The molecule has 2 heterocycles. The van der Waals surface area contributed by atoms with Gasteiger partial charge in [-0.3, -0.25) is 14.5 Å². The van der Waals surface area contributed by atoms with Crippen LogP contribution in [0.2, 0.25) is 0 Å². The maximum Gasteiger partial charge on any atom is 0.238 e. The van der Waals surface area contributed by atoms with Gasteiger partial charge < -0.3 is 10.2 Å². The molecule has 0 aliphatic carbocycles. The van der Waals surface area contributed by atoms with Gasteiger partial charge in [-0.05, 0) is 72.9 Å². The van der Waals surface area contributed by atoms with Gasteiger partial charge in [-0.25, -0.2) is 0 Å². The quantitative estimate of drug-likeness (QED) is 0.729. The molecule has 2 aliphatic heterocycles. The molecule has 2 amide bonds. The number of piperidine rings is 1. The van der Waals surface area contributed by atoms with E-state index in [0.717, 1.165) is 66.5 Å². The summed E-state index contributed by atoms with van der Waals surface area (Å²) in [5, 5.41) is 2.94. The summed E-state index contributed by atoms with van der Waals surface area (Å²) in [6, 6.07) is 5.67. The molecule has 136 valence electrons. The average molecular weight is 473 g/mol. The lowest BCUT2D eigenvalue weighted by Crippen LogP contribution is -2.43. The lowest BCUT2D eigenvalue weighted by Gasteiger charge is -2.32. The number of anilines is 1. The number of carbonyl (C=O) groups is 2. The van der Waals surface area contributed by atoms with Crippen molar-refractivity contribution < 1.29 is 9.59 Å². The average Bonchev–Trinajstić information content (AvgIpc) is 3.12. The van der Waals surface area contributed by atoms with Gasteiger partial charge in [0.1, 0.15) is 0 Å². The fourth-order valence-corrected chi connectivity index (χ4v) is 4.66. The van der Waals surface area contributed by atoms with E-state index in [1.807, 2.05) is 23.1 Å². The number of hydrogen-bond donors (Lipinski definition) is 1. The van der Waals surface area contributed by atoms with Crippen LogP contribution in [0.1, 0.15) is 25.7 Å². The van der Waals surface area contributed by atoms with E-state index in [1.165, 1.54) is 0 Å². The molecule has 0 spiro atoms. The summed E-state index contributed by atoms with van der Waals surface area (Å²) in [7, 11) is 0. The Hall–Kier alpha value is -0.920. The lowest BCUT2D eigenvalue weighted by molar-refractivity contribution is -0.136. The van der Waals surface area contributed by atoms with Gasteiger partial charge in [0.25, 0.3) is 0 Å². The Labute approximate surface area is 165 Å². The van der Waals surface area contributed by atoms with Gasteiger partial charge >= 0.3 is 0 Å². The standard InChI is InChI=1S/C18H23Br2N3O2/c19-14-3-4-16(15(20)11-14)21-17(24)12-22-9-5-13(6-10-22)18(25)23-7-1-2-8-23/h3-4,11,13H,1-2,5-10,12H2,(H,21,24). The van der Waals surface area contributed by atoms with Crippen molar-refractivity contribution in [2.24, 2.45) is 5.92 Å². The molecule has 25 heavy (non-hydrogen) atoms. The maximum absolute atomic E-state index is 12.5. The normalized spacial score (nSPS) is 19.2. The first-order chi connectivity index (χ1) is 12.0. The number of nitrogens with zero attached hydrogens (tertiary/aromatic N) is 2. The van der Waals surface area contributed by atoms with Crippen LogP contribution in [0.5, 0.6) is 0 Å². The van der Waals surface area contributed by atoms with Gasteiger partial charge in [0.2, 0.25) is 11.8 Å². The predicted molar refractivity (Wildman–Crippen MR) is 105 cm³/mol. The molecule has 2 saturated heterocycles. The van der Waals surface area contributed by atoms with E-state index in [-0.39, 0.29) is 11.8 Å². The summed E-state index contributed by atoms with van der Waals surface area (Å²) in [6.45, 7) is 3.82. The second-order valence-corrected chi connectivity index (χ2v) is 8.53. The van der Waals surface area contributed by atoms with Crippen molar-refractivity contribution in [1.29, 1.82) is 0 Å². The van der Waals surface area contributed by atoms with Gasteiger partial charge in [-0.15, -0.1) is 0 Å². The second-order valence-electron chi connectivity index (χ2n) is 6.76. The SMILES string of the molecule is O=C(CN1CCC(C(=O)N2CCCC2)CC1)Nc1ccc(Br)cc1Br. The minimum atomic E-state index is -0.0210. The van der Waals surface area contributed by atoms with Crippen LogP contribution in [0.3, 0.4) is 0 Å². The molecule has 5 nitrogen and oxygen atoms in total. The van der Waals surface area contributed by atoms with Crippen LogP contribution in [0, 0.1) is 5.92 Å². The molecule has 0 atom stereocenters. The smallest absolute Gasteiger partial charge is 0.238 e. The number of rotatable bonds is 4. The van der Waals surface area contributed by atoms with Crippen LogP contribution in [0.15, 0.2) is 27.1 Å². The molecule has 3 rings (SSSR count). The number of carbonyl (C=O) groups excluding carboxylic acids is 2. The van der Waals surface area contributed by atoms with Crippen LogP contribution in [-0.4, -0.2) is 54.3 Å². The van der Waals surface area contributed by atoms with Crippen molar-refractivity contribution >= 4 is 49.4 Å². The third kappa shape index (κ3) is 5.05.